The smallest absolute Gasteiger partial charge is 0.318 e. The predicted octanol–water partition coefficient (Wildman–Crippen LogP) is 2.72. The number of guanidine groups is 1. The summed E-state index contributed by atoms with van der Waals surface area (Å²) in [5.41, 5.74) is 6.01. The Kier molecular flexibility index (Phi) is 5.92. The van der Waals surface area contributed by atoms with Crippen LogP contribution in [0.25, 0.3) is 0 Å². The fourth-order valence-electron chi connectivity index (χ4n) is 0.898. The Morgan fingerprint density at radius 3 is 2.24 bits per heavy atom. The van der Waals surface area contributed by atoms with E-state index in [1.165, 1.54) is 6.21 Å². The number of hydrogen-bond acceptors (Lipinski definition) is 2. The van der Waals surface area contributed by atoms with Gasteiger partial charge in [-0.2, -0.15) is 0 Å². The molecule has 0 bridgehead atoms. The van der Waals surface area contributed by atoms with E-state index in [0.717, 1.165) is 0 Å². The minimum absolute atomic E-state index is 0. The van der Waals surface area contributed by atoms with Crippen LogP contribution in [0.4, 0.5) is 0 Å². The van der Waals surface area contributed by atoms with Crippen molar-refractivity contribution in [2.45, 2.75) is 0 Å². The van der Waals surface area contributed by atoms with Crippen molar-refractivity contribution in [3.8, 4) is 0 Å². The van der Waals surface area contributed by atoms with E-state index in [4.69, 9.17) is 34.3 Å². The van der Waals surface area contributed by atoms with Crippen LogP contribution in [-0.2, 0) is 0 Å². The second-order valence-electron chi connectivity index (χ2n) is 3.66. The maximum atomic E-state index is 7.34. The van der Waals surface area contributed by atoms with E-state index in [9.17, 15) is 0 Å². The van der Waals surface area contributed by atoms with Crippen LogP contribution in [0, 0.1) is 5.41 Å². The minimum atomic E-state index is -0.0957. The van der Waals surface area contributed by atoms with Crippen LogP contribution in [0.15, 0.2) is 23.3 Å². The van der Waals surface area contributed by atoms with Gasteiger partial charge in [0.05, 0.1) is 16.3 Å². The second-order valence-corrected chi connectivity index (χ2v) is 4.47. The first-order chi connectivity index (χ1) is 7.34. The first-order valence-electron chi connectivity index (χ1n) is 4.53. The number of nitrogens with one attached hydrogen (secondary N) is 1. The zero-order valence-electron chi connectivity index (χ0n) is 9.45. The SMILES string of the molecule is C[N+](C)(/N=C/c1c(Cl)cccc1Cl)C(=N)N.Cl. The zero-order valence-corrected chi connectivity index (χ0v) is 11.8. The van der Waals surface area contributed by atoms with Gasteiger partial charge in [0.2, 0.25) is 0 Å². The minimum Gasteiger partial charge on any atom is -0.336 e. The number of nitrogens with two attached hydrogens (primary N) is 1. The van der Waals surface area contributed by atoms with Crippen LogP contribution in [0.5, 0.6) is 0 Å². The molecular formula is C10H14Cl3N4+. The molecule has 0 saturated carbocycles. The van der Waals surface area contributed by atoms with Crippen LogP contribution in [0.2, 0.25) is 10.0 Å². The summed E-state index contributed by atoms with van der Waals surface area (Å²) in [6.07, 6.45) is 1.52. The first-order valence-corrected chi connectivity index (χ1v) is 5.28. The number of nitrogens with zero attached hydrogens (tertiary/aromatic N) is 2. The molecule has 3 N–H and O–H groups in total. The number of halogens is 3. The molecule has 0 aliphatic heterocycles. The summed E-state index contributed by atoms with van der Waals surface area (Å²) in [5, 5.41) is 12.5. The van der Waals surface area contributed by atoms with Gasteiger partial charge in [-0.15, -0.1) is 17.0 Å². The molecule has 0 aromatic heterocycles. The van der Waals surface area contributed by atoms with Gasteiger partial charge >= 0.3 is 5.96 Å². The van der Waals surface area contributed by atoms with Gasteiger partial charge < -0.3 is 5.73 Å². The summed E-state index contributed by atoms with van der Waals surface area (Å²) in [4.78, 5) is 0. The molecule has 4 nitrogen and oxygen atoms in total. The van der Waals surface area contributed by atoms with Crippen molar-refractivity contribution >= 4 is 47.8 Å². The summed E-state index contributed by atoms with van der Waals surface area (Å²) in [7, 11) is 3.37. The Bertz CT molecular complexity index is 423. The van der Waals surface area contributed by atoms with E-state index in [1.807, 2.05) is 0 Å². The number of hydrogen-bond donors (Lipinski definition) is 2. The third-order valence-electron chi connectivity index (χ3n) is 2.06. The highest BCUT2D eigenvalue weighted by Crippen LogP contribution is 2.22. The van der Waals surface area contributed by atoms with Crippen molar-refractivity contribution in [1.82, 2.24) is 0 Å². The number of quaternary nitrogens is 1. The Morgan fingerprint density at radius 1 is 1.35 bits per heavy atom. The van der Waals surface area contributed by atoms with E-state index in [0.29, 0.717) is 15.6 Å². The van der Waals surface area contributed by atoms with Crippen LogP contribution < -0.4 is 5.73 Å². The Labute approximate surface area is 117 Å². The molecule has 0 spiro atoms. The highest BCUT2D eigenvalue weighted by atomic mass is 35.5. The summed E-state index contributed by atoms with van der Waals surface area (Å²) < 4.78 is -0.0957. The average Bonchev–Trinajstić information content (AvgIpc) is 2.16. The third kappa shape index (κ3) is 4.16. The lowest BCUT2D eigenvalue weighted by atomic mass is 10.2. The van der Waals surface area contributed by atoms with Crippen LogP contribution >= 0.6 is 35.6 Å². The highest BCUT2D eigenvalue weighted by molar-refractivity contribution is 6.38. The molecule has 0 aliphatic rings. The quantitative estimate of drug-likeness (QED) is 0.375. The van der Waals surface area contributed by atoms with Crippen molar-refractivity contribution in [2.75, 3.05) is 14.1 Å². The van der Waals surface area contributed by atoms with Crippen LogP contribution in [0.3, 0.4) is 0 Å². The van der Waals surface area contributed by atoms with Crippen LogP contribution in [0.1, 0.15) is 5.56 Å². The molecule has 17 heavy (non-hydrogen) atoms. The van der Waals surface area contributed by atoms with Gasteiger partial charge in [0, 0.05) is 5.56 Å². The summed E-state index contributed by atoms with van der Waals surface area (Å²) in [6.45, 7) is 0. The Balaban J connectivity index is 0.00000256. The van der Waals surface area contributed by atoms with Crippen molar-refractivity contribution in [2.24, 2.45) is 10.8 Å². The highest BCUT2D eigenvalue weighted by Gasteiger charge is 2.18. The van der Waals surface area contributed by atoms with Crippen molar-refractivity contribution < 1.29 is 4.59 Å². The molecule has 0 saturated heterocycles. The maximum Gasteiger partial charge on any atom is 0.318 e. The fourth-order valence-corrected chi connectivity index (χ4v) is 1.39. The monoisotopic (exact) mass is 295 g/mol. The molecule has 1 rings (SSSR count). The summed E-state index contributed by atoms with van der Waals surface area (Å²) >= 11 is 11.9. The normalized spacial score (nSPS) is 11.3. The molecule has 0 atom stereocenters. The van der Waals surface area contributed by atoms with Crippen molar-refractivity contribution in [1.29, 1.82) is 5.41 Å². The molecule has 94 valence electrons. The van der Waals surface area contributed by atoms with Gasteiger partial charge in [0.25, 0.3) is 0 Å². The van der Waals surface area contributed by atoms with Crippen molar-refractivity contribution in [3.05, 3.63) is 33.8 Å². The van der Waals surface area contributed by atoms with Gasteiger partial charge in [-0.25, -0.2) is 5.41 Å². The van der Waals surface area contributed by atoms with Gasteiger partial charge in [-0.1, -0.05) is 34.4 Å². The van der Waals surface area contributed by atoms with Crippen LogP contribution in [-0.4, -0.2) is 30.9 Å². The van der Waals surface area contributed by atoms with Gasteiger partial charge in [-0.05, 0) is 12.1 Å². The summed E-state index contributed by atoms with van der Waals surface area (Å²) in [5.74, 6) is -0.0700. The average molecular weight is 297 g/mol. The second kappa shape index (κ2) is 6.21. The molecular weight excluding hydrogens is 282 g/mol. The molecule has 0 radical (unpaired) electrons. The fraction of sp³-hybridized carbons (Fsp3) is 0.200. The van der Waals surface area contributed by atoms with E-state index in [1.54, 1.807) is 32.3 Å². The molecule has 0 unspecified atom stereocenters. The number of rotatable bonds is 2. The van der Waals surface area contributed by atoms with E-state index < -0.39 is 0 Å². The molecule has 0 heterocycles. The lowest BCUT2D eigenvalue weighted by molar-refractivity contribution is -0.807. The molecule has 7 heteroatoms. The van der Waals surface area contributed by atoms with E-state index in [2.05, 4.69) is 5.10 Å². The van der Waals surface area contributed by atoms with Crippen molar-refractivity contribution in [3.63, 3.8) is 0 Å². The standard InChI is InChI=1S/C10H13Cl2N4.ClH/c1-16(2,10(13)14)15-6-7-8(11)4-3-5-9(7)12;/h3-6H,1-2H3,(H3,13,14);1H/q+1;/b15-6+;. The molecule has 0 fully saturated rings. The molecule has 0 aliphatic carbocycles. The Morgan fingerprint density at radius 2 is 1.82 bits per heavy atom. The zero-order chi connectivity index (χ0) is 12.3. The maximum absolute atomic E-state index is 7.34. The molecule has 1 aromatic rings. The third-order valence-corrected chi connectivity index (χ3v) is 2.72. The largest absolute Gasteiger partial charge is 0.336 e. The van der Waals surface area contributed by atoms with Gasteiger partial charge in [-0.3, -0.25) is 0 Å². The van der Waals surface area contributed by atoms with E-state index in [-0.39, 0.29) is 23.0 Å². The lowest BCUT2D eigenvalue weighted by Crippen LogP contribution is -2.45. The van der Waals surface area contributed by atoms with Gasteiger partial charge in [0.1, 0.15) is 14.1 Å². The summed E-state index contributed by atoms with van der Waals surface area (Å²) in [6, 6.07) is 5.21. The number of benzene rings is 1. The Hall–Kier alpha value is -0.810. The van der Waals surface area contributed by atoms with Gasteiger partial charge in [0.15, 0.2) is 0 Å². The molecule has 0 amide bonds. The first kappa shape index (κ1) is 16.2. The lowest BCUT2D eigenvalue weighted by Gasteiger charge is -2.18. The topological polar surface area (TPSA) is 62.2 Å². The predicted molar refractivity (Wildman–Crippen MR) is 75.3 cm³/mol. The van der Waals surface area contributed by atoms with E-state index >= 15 is 0 Å². The molecule has 1 aromatic carbocycles.